The summed E-state index contributed by atoms with van der Waals surface area (Å²) in [5.74, 6) is 1.88. The van der Waals surface area contributed by atoms with Crippen molar-refractivity contribution >= 4 is 23.1 Å². The minimum absolute atomic E-state index is 0.210. The Morgan fingerprint density at radius 2 is 1.94 bits per heavy atom. The van der Waals surface area contributed by atoms with E-state index in [1.807, 2.05) is 19.4 Å². The third-order valence-corrected chi connectivity index (χ3v) is 5.55. The summed E-state index contributed by atoms with van der Waals surface area (Å²) in [6, 6.07) is 12.2. The molecule has 9 heteroatoms. The average Bonchev–Trinajstić information content (AvgIpc) is 3.40. The Hall–Kier alpha value is -3.72. The van der Waals surface area contributed by atoms with Crippen LogP contribution in [-0.4, -0.2) is 27.6 Å². The standard InChI is InChI=1S/C23H22N4O4S/c1-15-9-18(27-31-15)13-30-20-11-17(23(28)26-22-5-3-4-7-24-22)10-19(12-20)29-8-6-21-16(2)25-14-32-21/h3-5,7,9-12,14H,6,8,13H2,1-2H3,(H,24,26,28). The largest absolute Gasteiger partial charge is 0.493 e. The summed E-state index contributed by atoms with van der Waals surface area (Å²) in [5.41, 5.74) is 3.89. The van der Waals surface area contributed by atoms with Crippen molar-refractivity contribution in [3.05, 3.63) is 81.8 Å². The van der Waals surface area contributed by atoms with E-state index >= 15 is 0 Å². The first-order valence-electron chi connectivity index (χ1n) is 10.0. The van der Waals surface area contributed by atoms with Crippen LogP contribution < -0.4 is 14.8 Å². The van der Waals surface area contributed by atoms with Crippen molar-refractivity contribution in [2.75, 3.05) is 11.9 Å². The number of nitrogens with one attached hydrogen (secondary N) is 1. The lowest BCUT2D eigenvalue weighted by Gasteiger charge is -2.12. The molecule has 0 aliphatic heterocycles. The van der Waals surface area contributed by atoms with Gasteiger partial charge in [-0.3, -0.25) is 4.79 Å². The molecule has 3 aromatic heterocycles. The summed E-state index contributed by atoms with van der Waals surface area (Å²) in [5, 5.41) is 6.71. The average molecular weight is 451 g/mol. The van der Waals surface area contributed by atoms with Crippen molar-refractivity contribution in [1.82, 2.24) is 15.1 Å². The number of nitrogens with zero attached hydrogens (tertiary/aromatic N) is 3. The number of hydrogen-bond donors (Lipinski definition) is 1. The smallest absolute Gasteiger partial charge is 0.257 e. The van der Waals surface area contributed by atoms with Gasteiger partial charge in [0.05, 0.1) is 17.8 Å². The van der Waals surface area contributed by atoms with Crippen LogP contribution in [0.5, 0.6) is 11.5 Å². The van der Waals surface area contributed by atoms with E-state index in [0.29, 0.717) is 40.9 Å². The Morgan fingerprint density at radius 1 is 1.09 bits per heavy atom. The quantitative estimate of drug-likeness (QED) is 0.398. The Bertz CT molecular complexity index is 1190. The number of benzene rings is 1. The number of amides is 1. The molecule has 3 heterocycles. The van der Waals surface area contributed by atoms with Gasteiger partial charge >= 0.3 is 0 Å². The molecule has 0 bridgehead atoms. The van der Waals surface area contributed by atoms with E-state index < -0.39 is 0 Å². The molecule has 0 aliphatic rings. The van der Waals surface area contributed by atoms with Gasteiger partial charge < -0.3 is 19.3 Å². The lowest BCUT2D eigenvalue weighted by Crippen LogP contribution is -2.13. The van der Waals surface area contributed by atoms with Crippen molar-refractivity contribution in [1.29, 1.82) is 0 Å². The molecule has 4 rings (SSSR count). The molecule has 164 valence electrons. The van der Waals surface area contributed by atoms with Gasteiger partial charge in [0.25, 0.3) is 5.91 Å². The molecule has 32 heavy (non-hydrogen) atoms. The van der Waals surface area contributed by atoms with Crippen LogP contribution in [-0.2, 0) is 13.0 Å². The lowest BCUT2D eigenvalue weighted by atomic mass is 10.2. The van der Waals surface area contributed by atoms with Gasteiger partial charge in [-0.15, -0.1) is 11.3 Å². The number of pyridine rings is 1. The van der Waals surface area contributed by atoms with Gasteiger partial charge in [-0.05, 0) is 38.1 Å². The normalized spacial score (nSPS) is 10.7. The second-order valence-corrected chi connectivity index (χ2v) is 7.98. The van der Waals surface area contributed by atoms with Crippen LogP contribution in [0.3, 0.4) is 0 Å². The van der Waals surface area contributed by atoms with Gasteiger partial charge in [-0.25, -0.2) is 9.97 Å². The van der Waals surface area contributed by atoms with E-state index in [9.17, 15) is 4.79 Å². The lowest BCUT2D eigenvalue weighted by molar-refractivity contribution is 0.102. The molecule has 0 fully saturated rings. The third kappa shape index (κ3) is 5.70. The Morgan fingerprint density at radius 3 is 2.62 bits per heavy atom. The fourth-order valence-corrected chi connectivity index (χ4v) is 3.73. The number of rotatable bonds is 9. The molecule has 0 spiro atoms. The molecule has 0 saturated heterocycles. The van der Waals surface area contributed by atoms with Crippen LogP contribution in [0.25, 0.3) is 0 Å². The molecule has 0 radical (unpaired) electrons. The van der Waals surface area contributed by atoms with Crippen molar-refractivity contribution in [2.45, 2.75) is 26.9 Å². The number of anilines is 1. The highest BCUT2D eigenvalue weighted by Gasteiger charge is 2.13. The predicted molar refractivity (Wildman–Crippen MR) is 120 cm³/mol. The number of ether oxygens (including phenoxy) is 2. The zero-order valence-corrected chi connectivity index (χ0v) is 18.5. The molecule has 1 amide bonds. The Labute approximate surface area is 189 Å². The van der Waals surface area contributed by atoms with Gasteiger partial charge in [0.1, 0.15) is 35.4 Å². The van der Waals surface area contributed by atoms with E-state index in [-0.39, 0.29) is 12.5 Å². The zero-order chi connectivity index (χ0) is 22.3. The fraction of sp³-hybridized carbons (Fsp3) is 0.217. The summed E-state index contributed by atoms with van der Waals surface area (Å²) in [6.07, 6.45) is 2.35. The third-order valence-electron chi connectivity index (χ3n) is 4.55. The van der Waals surface area contributed by atoms with Gasteiger partial charge in [-0.1, -0.05) is 11.2 Å². The summed E-state index contributed by atoms with van der Waals surface area (Å²) in [6.45, 7) is 4.46. The van der Waals surface area contributed by atoms with Crippen molar-refractivity contribution in [2.24, 2.45) is 0 Å². The van der Waals surface area contributed by atoms with Gasteiger partial charge in [-0.2, -0.15) is 0 Å². The van der Waals surface area contributed by atoms with E-state index in [4.69, 9.17) is 14.0 Å². The topological polar surface area (TPSA) is 99.4 Å². The Balaban J connectivity index is 1.49. The number of hydrogen-bond acceptors (Lipinski definition) is 8. The Kier molecular flexibility index (Phi) is 6.76. The fourth-order valence-electron chi connectivity index (χ4n) is 2.97. The summed E-state index contributed by atoms with van der Waals surface area (Å²) < 4.78 is 16.9. The second kappa shape index (κ2) is 10.1. The maximum atomic E-state index is 12.8. The molecule has 8 nitrogen and oxygen atoms in total. The van der Waals surface area contributed by atoms with Gasteiger partial charge in [0.2, 0.25) is 0 Å². The molecule has 1 N–H and O–H groups in total. The van der Waals surface area contributed by atoms with Gasteiger partial charge in [0.15, 0.2) is 0 Å². The first kappa shape index (κ1) is 21.5. The van der Waals surface area contributed by atoms with E-state index in [1.54, 1.807) is 60.0 Å². The van der Waals surface area contributed by atoms with Crippen LogP contribution in [0.1, 0.15) is 32.4 Å². The molecule has 0 atom stereocenters. The second-order valence-electron chi connectivity index (χ2n) is 7.04. The van der Waals surface area contributed by atoms with Crippen LogP contribution in [0.4, 0.5) is 5.82 Å². The highest BCUT2D eigenvalue weighted by atomic mass is 32.1. The molecule has 0 unspecified atom stereocenters. The molecular formula is C23H22N4O4S. The maximum absolute atomic E-state index is 12.8. The van der Waals surface area contributed by atoms with Crippen LogP contribution in [0, 0.1) is 13.8 Å². The first-order valence-corrected chi connectivity index (χ1v) is 10.9. The monoisotopic (exact) mass is 450 g/mol. The number of aromatic nitrogens is 3. The molecular weight excluding hydrogens is 428 g/mol. The highest BCUT2D eigenvalue weighted by Crippen LogP contribution is 2.25. The zero-order valence-electron chi connectivity index (χ0n) is 17.7. The molecule has 0 saturated carbocycles. The van der Waals surface area contributed by atoms with Crippen LogP contribution in [0.15, 0.2) is 58.7 Å². The highest BCUT2D eigenvalue weighted by molar-refractivity contribution is 7.09. The number of thiazole rings is 1. The van der Waals surface area contributed by atoms with Crippen LogP contribution >= 0.6 is 11.3 Å². The number of carbonyl (C=O) groups is 1. The van der Waals surface area contributed by atoms with Crippen molar-refractivity contribution < 1.29 is 18.8 Å². The molecule has 0 aliphatic carbocycles. The SMILES string of the molecule is Cc1cc(COc2cc(OCCc3scnc3C)cc(C(=O)Nc3ccccn3)c2)no1. The maximum Gasteiger partial charge on any atom is 0.257 e. The van der Waals surface area contributed by atoms with E-state index in [2.05, 4.69) is 20.4 Å². The minimum Gasteiger partial charge on any atom is -0.493 e. The molecule has 4 aromatic rings. The summed E-state index contributed by atoms with van der Waals surface area (Å²) in [4.78, 5) is 22.4. The minimum atomic E-state index is -0.311. The van der Waals surface area contributed by atoms with Crippen LogP contribution in [0.2, 0.25) is 0 Å². The summed E-state index contributed by atoms with van der Waals surface area (Å²) >= 11 is 1.60. The van der Waals surface area contributed by atoms with Crippen molar-refractivity contribution in [3.8, 4) is 11.5 Å². The number of carbonyl (C=O) groups excluding carboxylic acids is 1. The molecule has 1 aromatic carbocycles. The number of aryl methyl sites for hydroxylation is 2. The first-order chi connectivity index (χ1) is 15.6. The van der Waals surface area contributed by atoms with Gasteiger partial charge in [0, 0.05) is 35.2 Å². The van der Waals surface area contributed by atoms with E-state index in [0.717, 1.165) is 12.1 Å². The van der Waals surface area contributed by atoms with E-state index in [1.165, 1.54) is 4.88 Å². The predicted octanol–water partition coefficient (Wildman–Crippen LogP) is 4.60. The summed E-state index contributed by atoms with van der Waals surface area (Å²) in [7, 11) is 0. The van der Waals surface area contributed by atoms with Crippen molar-refractivity contribution in [3.63, 3.8) is 0 Å².